The van der Waals surface area contributed by atoms with E-state index < -0.39 is 30.2 Å². The fourth-order valence-corrected chi connectivity index (χ4v) is 3.73. The lowest BCUT2D eigenvalue weighted by molar-refractivity contribution is -0.0153. The van der Waals surface area contributed by atoms with Crippen molar-refractivity contribution in [2.75, 3.05) is 20.5 Å². The molecule has 2 unspecified atom stereocenters. The van der Waals surface area contributed by atoms with Gasteiger partial charge in [0.05, 0.1) is 19.4 Å². The quantitative estimate of drug-likeness (QED) is 0.602. The molecule has 0 aliphatic carbocycles. The average molecular weight is 392 g/mol. The molecule has 28 heavy (non-hydrogen) atoms. The number of aromatic amines is 1. The van der Waals surface area contributed by atoms with Gasteiger partial charge in [-0.2, -0.15) is 0 Å². The molecule has 2 atom stereocenters. The molecular weight excluding hydrogens is 369 g/mol. The molecule has 0 fully saturated rings. The summed E-state index contributed by atoms with van der Waals surface area (Å²) in [5.74, 6) is -0.262. The predicted octanol–water partition coefficient (Wildman–Crippen LogP) is 4.27. The van der Waals surface area contributed by atoms with E-state index in [0.717, 1.165) is 10.9 Å². The van der Waals surface area contributed by atoms with Gasteiger partial charge in [-0.15, -0.1) is 0 Å². The summed E-state index contributed by atoms with van der Waals surface area (Å²) in [6, 6.07) is 7.33. The average Bonchev–Trinajstić information content (AvgIpc) is 3.09. The van der Waals surface area contributed by atoms with Crippen molar-refractivity contribution in [2.24, 2.45) is 0 Å². The number of hydrogen-bond donors (Lipinski definition) is 2. The van der Waals surface area contributed by atoms with E-state index >= 15 is 0 Å². The van der Waals surface area contributed by atoms with Gasteiger partial charge in [-0.3, -0.25) is 9.37 Å². The van der Waals surface area contributed by atoms with Gasteiger partial charge in [-0.1, -0.05) is 6.92 Å². The molecule has 0 aliphatic heterocycles. The molecule has 0 radical (unpaired) electrons. The number of alkyl halides is 2. The fraction of sp³-hybridized carbons (Fsp3) is 0.381. The zero-order chi connectivity index (χ0) is 20.4. The molecule has 3 aromatic rings. The highest BCUT2D eigenvalue weighted by Gasteiger charge is 2.41. The third-order valence-electron chi connectivity index (χ3n) is 5.07. The van der Waals surface area contributed by atoms with E-state index in [-0.39, 0.29) is 18.4 Å². The van der Waals surface area contributed by atoms with Gasteiger partial charge in [0, 0.05) is 46.4 Å². The highest BCUT2D eigenvalue weighted by molar-refractivity contribution is 5.79. The Hall–Kier alpha value is -2.54. The van der Waals surface area contributed by atoms with Gasteiger partial charge in [0.2, 0.25) is 0 Å². The van der Waals surface area contributed by atoms with Crippen LogP contribution in [0.3, 0.4) is 0 Å². The van der Waals surface area contributed by atoms with E-state index in [2.05, 4.69) is 9.97 Å². The molecule has 0 aliphatic rings. The monoisotopic (exact) mass is 392 g/mol. The Morgan fingerprint density at radius 2 is 1.96 bits per heavy atom. The largest absolute Gasteiger partial charge is 0.496 e. The van der Waals surface area contributed by atoms with Gasteiger partial charge < -0.3 is 14.8 Å². The minimum absolute atomic E-state index is 0.0502. The maximum atomic E-state index is 14.1. The van der Waals surface area contributed by atoms with Crippen molar-refractivity contribution >= 4 is 10.9 Å². The van der Waals surface area contributed by atoms with Crippen LogP contribution in [0.25, 0.3) is 10.9 Å². The van der Waals surface area contributed by atoms with E-state index in [1.54, 1.807) is 24.5 Å². The number of H-pyrrole nitrogens is 1. The van der Waals surface area contributed by atoms with Crippen LogP contribution in [-0.2, 0) is 11.8 Å². The van der Waals surface area contributed by atoms with Gasteiger partial charge >= 0.3 is 0 Å². The van der Waals surface area contributed by atoms with Crippen molar-refractivity contribution in [1.29, 1.82) is 0 Å². The van der Waals surface area contributed by atoms with Gasteiger partial charge in [0.15, 0.2) is 0 Å². The standard InChI is InChI=1S/C21H23F3N2O2/c1-20(12-22,17-8-15(24)3-4-19(17)28-2)11-21(27,13-23)9-16-7-14-10-25-6-5-18(14)26-16/h3-8,10,26-27H,9,11-13H2,1-2H3. The van der Waals surface area contributed by atoms with Crippen molar-refractivity contribution in [2.45, 2.75) is 30.8 Å². The van der Waals surface area contributed by atoms with Crippen LogP contribution in [0.5, 0.6) is 5.75 Å². The smallest absolute Gasteiger partial charge is 0.123 e. The van der Waals surface area contributed by atoms with Crippen molar-refractivity contribution in [3.63, 3.8) is 0 Å². The van der Waals surface area contributed by atoms with Crippen LogP contribution < -0.4 is 4.74 Å². The van der Waals surface area contributed by atoms with Crippen molar-refractivity contribution in [3.8, 4) is 5.75 Å². The Morgan fingerprint density at radius 3 is 2.61 bits per heavy atom. The van der Waals surface area contributed by atoms with Gasteiger partial charge in [-0.25, -0.2) is 8.78 Å². The predicted molar refractivity (Wildman–Crippen MR) is 102 cm³/mol. The number of halogens is 3. The molecule has 150 valence electrons. The molecule has 4 nitrogen and oxygen atoms in total. The number of nitrogens with one attached hydrogen (secondary N) is 1. The first-order valence-electron chi connectivity index (χ1n) is 8.92. The normalized spacial score (nSPS) is 15.9. The molecule has 0 bridgehead atoms. The SMILES string of the molecule is COc1ccc(F)cc1C(C)(CF)CC(O)(CF)Cc1cc2cnccc2[nH]1. The molecule has 0 saturated carbocycles. The summed E-state index contributed by atoms with van der Waals surface area (Å²) in [7, 11) is 1.40. The maximum absolute atomic E-state index is 14.1. The lowest BCUT2D eigenvalue weighted by Crippen LogP contribution is -2.43. The van der Waals surface area contributed by atoms with Crippen LogP contribution in [0.4, 0.5) is 13.2 Å². The summed E-state index contributed by atoms with van der Waals surface area (Å²) in [4.78, 5) is 7.14. The molecule has 1 aromatic carbocycles. The Balaban J connectivity index is 1.93. The molecular formula is C21H23F3N2O2. The number of pyridine rings is 1. The third-order valence-corrected chi connectivity index (χ3v) is 5.07. The van der Waals surface area contributed by atoms with Gasteiger partial charge in [0.1, 0.15) is 18.2 Å². The summed E-state index contributed by atoms with van der Waals surface area (Å²) < 4.78 is 47.1. The Morgan fingerprint density at radius 1 is 1.18 bits per heavy atom. The topological polar surface area (TPSA) is 58.1 Å². The first-order valence-corrected chi connectivity index (χ1v) is 8.92. The van der Waals surface area contributed by atoms with Gasteiger partial charge in [-0.05, 0) is 36.8 Å². The van der Waals surface area contributed by atoms with Crippen molar-refractivity contribution in [3.05, 3.63) is 59.8 Å². The molecule has 3 rings (SSSR count). The minimum atomic E-state index is -1.84. The number of ether oxygens (including phenoxy) is 1. The van der Waals surface area contributed by atoms with E-state index in [1.807, 2.05) is 0 Å². The molecule has 0 saturated heterocycles. The first kappa shape index (κ1) is 20.2. The lowest BCUT2D eigenvalue weighted by atomic mass is 9.73. The molecule has 0 spiro atoms. The lowest BCUT2D eigenvalue weighted by Gasteiger charge is -2.36. The third kappa shape index (κ3) is 3.99. The zero-order valence-corrected chi connectivity index (χ0v) is 15.8. The molecule has 2 aromatic heterocycles. The summed E-state index contributed by atoms with van der Waals surface area (Å²) in [5, 5.41) is 11.8. The minimum Gasteiger partial charge on any atom is -0.496 e. The Labute approximate surface area is 161 Å². The maximum Gasteiger partial charge on any atom is 0.123 e. The number of aliphatic hydroxyl groups is 1. The first-order chi connectivity index (χ1) is 13.3. The van der Waals surface area contributed by atoms with Crippen LogP contribution in [-0.4, -0.2) is 41.1 Å². The highest BCUT2D eigenvalue weighted by Crippen LogP contribution is 2.40. The second-order valence-electron chi connectivity index (χ2n) is 7.51. The summed E-state index contributed by atoms with van der Waals surface area (Å²) in [6.07, 6.45) is 2.99. The summed E-state index contributed by atoms with van der Waals surface area (Å²) in [5.41, 5.74) is -1.50. The number of fused-ring (bicyclic) bond motifs is 1. The second-order valence-corrected chi connectivity index (χ2v) is 7.51. The van der Waals surface area contributed by atoms with Crippen LogP contribution in [0.2, 0.25) is 0 Å². The number of hydrogen-bond acceptors (Lipinski definition) is 3. The van der Waals surface area contributed by atoms with E-state index in [1.165, 1.54) is 32.2 Å². The second kappa shape index (κ2) is 7.83. The fourth-order valence-electron chi connectivity index (χ4n) is 3.73. The number of methoxy groups -OCH3 is 1. The highest BCUT2D eigenvalue weighted by atomic mass is 19.1. The number of rotatable bonds is 8. The van der Waals surface area contributed by atoms with E-state index in [0.29, 0.717) is 11.4 Å². The number of aromatic nitrogens is 2. The summed E-state index contributed by atoms with van der Waals surface area (Å²) in [6.45, 7) is -0.459. The van der Waals surface area contributed by atoms with Gasteiger partial charge in [0.25, 0.3) is 0 Å². The number of nitrogens with zero attached hydrogens (tertiary/aromatic N) is 1. The van der Waals surface area contributed by atoms with Crippen LogP contribution in [0.15, 0.2) is 42.7 Å². The van der Waals surface area contributed by atoms with Crippen molar-refractivity contribution < 1.29 is 23.0 Å². The summed E-state index contributed by atoms with van der Waals surface area (Å²) >= 11 is 0. The van der Waals surface area contributed by atoms with Crippen LogP contribution in [0.1, 0.15) is 24.6 Å². The van der Waals surface area contributed by atoms with E-state index in [9.17, 15) is 18.3 Å². The Kier molecular flexibility index (Phi) is 5.65. The van der Waals surface area contributed by atoms with Crippen LogP contribution >= 0.6 is 0 Å². The Bertz CT molecular complexity index is 929. The number of benzene rings is 1. The zero-order valence-electron chi connectivity index (χ0n) is 15.8. The molecule has 2 heterocycles. The van der Waals surface area contributed by atoms with Crippen molar-refractivity contribution in [1.82, 2.24) is 9.97 Å². The van der Waals surface area contributed by atoms with E-state index in [4.69, 9.17) is 4.74 Å². The molecule has 2 N–H and O–H groups in total. The molecule has 0 amide bonds. The van der Waals surface area contributed by atoms with Crippen LogP contribution in [0, 0.1) is 5.82 Å². The molecule has 7 heteroatoms.